The van der Waals surface area contributed by atoms with Gasteiger partial charge in [0.1, 0.15) is 5.82 Å². The van der Waals surface area contributed by atoms with Crippen LogP contribution in [0.15, 0.2) is 67.1 Å². The highest BCUT2D eigenvalue weighted by molar-refractivity contribution is 7.80. The van der Waals surface area contributed by atoms with Crippen LogP contribution in [0.25, 0.3) is 0 Å². The zero-order valence-corrected chi connectivity index (χ0v) is 16.9. The lowest BCUT2D eigenvalue weighted by Crippen LogP contribution is -2.30. The summed E-state index contributed by atoms with van der Waals surface area (Å²) in [6.07, 6.45) is 11.1. The SMILES string of the molecule is Fc1ccccc1N1C(=S)NC(c2ccccn2)C1c1ccn(C2CCCC2)c1. The van der Waals surface area contributed by atoms with E-state index in [-0.39, 0.29) is 17.9 Å². The molecule has 3 heterocycles. The third kappa shape index (κ3) is 3.31. The Balaban J connectivity index is 1.59. The van der Waals surface area contributed by atoms with Crippen molar-refractivity contribution < 1.29 is 4.39 Å². The summed E-state index contributed by atoms with van der Waals surface area (Å²) in [4.78, 5) is 6.46. The van der Waals surface area contributed by atoms with Crippen molar-refractivity contribution in [3.05, 3.63) is 84.2 Å². The van der Waals surface area contributed by atoms with E-state index in [2.05, 4.69) is 33.3 Å². The summed E-state index contributed by atoms with van der Waals surface area (Å²) >= 11 is 5.66. The molecule has 2 fully saturated rings. The maximum atomic E-state index is 14.7. The van der Waals surface area contributed by atoms with Gasteiger partial charge < -0.3 is 14.8 Å². The minimum Gasteiger partial charge on any atom is -0.351 e. The Kier molecular flexibility index (Phi) is 4.79. The molecular weight excluding hydrogens is 383 g/mol. The maximum absolute atomic E-state index is 14.7. The fraction of sp³-hybridized carbons (Fsp3) is 0.304. The van der Waals surface area contributed by atoms with E-state index in [1.165, 1.54) is 31.7 Å². The first-order valence-corrected chi connectivity index (χ1v) is 10.6. The summed E-state index contributed by atoms with van der Waals surface area (Å²) in [7, 11) is 0. The number of aromatic nitrogens is 2. The van der Waals surface area contributed by atoms with Crippen LogP contribution in [0, 0.1) is 5.82 Å². The molecule has 2 aliphatic rings. The van der Waals surface area contributed by atoms with Crippen molar-refractivity contribution >= 4 is 23.0 Å². The van der Waals surface area contributed by atoms with Gasteiger partial charge in [-0.25, -0.2) is 4.39 Å². The number of nitrogens with zero attached hydrogens (tertiary/aromatic N) is 3. The molecule has 1 aromatic carbocycles. The largest absolute Gasteiger partial charge is 0.351 e. The molecule has 6 heteroatoms. The van der Waals surface area contributed by atoms with Gasteiger partial charge in [0.15, 0.2) is 5.11 Å². The highest BCUT2D eigenvalue weighted by atomic mass is 32.1. The van der Waals surface area contributed by atoms with E-state index in [9.17, 15) is 4.39 Å². The quantitative estimate of drug-likeness (QED) is 0.595. The molecule has 1 aliphatic carbocycles. The number of anilines is 1. The molecule has 5 rings (SSSR count). The number of benzene rings is 1. The van der Waals surface area contributed by atoms with Gasteiger partial charge in [0.25, 0.3) is 0 Å². The molecule has 1 N–H and O–H groups in total. The monoisotopic (exact) mass is 406 g/mol. The Morgan fingerprint density at radius 1 is 1.03 bits per heavy atom. The molecule has 29 heavy (non-hydrogen) atoms. The average molecular weight is 407 g/mol. The Labute approximate surface area is 175 Å². The van der Waals surface area contributed by atoms with E-state index in [1.807, 2.05) is 29.2 Å². The second kappa shape index (κ2) is 7.59. The summed E-state index contributed by atoms with van der Waals surface area (Å²) in [5.41, 5.74) is 2.50. The van der Waals surface area contributed by atoms with Crippen molar-refractivity contribution in [2.45, 2.75) is 43.8 Å². The van der Waals surface area contributed by atoms with Crippen molar-refractivity contribution in [3.8, 4) is 0 Å². The summed E-state index contributed by atoms with van der Waals surface area (Å²) in [6, 6.07) is 15.0. The van der Waals surface area contributed by atoms with E-state index in [4.69, 9.17) is 12.2 Å². The number of hydrogen-bond acceptors (Lipinski definition) is 2. The van der Waals surface area contributed by atoms with E-state index < -0.39 is 0 Å². The molecule has 1 saturated carbocycles. The van der Waals surface area contributed by atoms with Crippen LogP contribution in [0.4, 0.5) is 10.1 Å². The molecule has 1 aliphatic heterocycles. The zero-order chi connectivity index (χ0) is 19.8. The van der Waals surface area contributed by atoms with Crippen LogP contribution in [-0.4, -0.2) is 14.7 Å². The molecule has 0 bridgehead atoms. The summed E-state index contributed by atoms with van der Waals surface area (Å²) in [5.74, 6) is -0.279. The number of pyridine rings is 1. The predicted octanol–water partition coefficient (Wildman–Crippen LogP) is 5.31. The fourth-order valence-electron chi connectivity index (χ4n) is 4.64. The maximum Gasteiger partial charge on any atom is 0.174 e. The highest BCUT2D eigenvalue weighted by Crippen LogP contribution is 2.43. The van der Waals surface area contributed by atoms with Crippen LogP contribution in [0.1, 0.15) is 55.1 Å². The van der Waals surface area contributed by atoms with Crippen LogP contribution < -0.4 is 10.2 Å². The third-order valence-corrected chi connectivity index (χ3v) is 6.35. The molecular formula is C23H23FN4S. The van der Waals surface area contributed by atoms with Crippen molar-refractivity contribution in [1.29, 1.82) is 0 Å². The van der Waals surface area contributed by atoms with Crippen molar-refractivity contribution in [3.63, 3.8) is 0 Å². The van der Waals surface area contributed by atoms with Crippen molar-refractivity contribution in [2.75, 3.05) is 4.90 Å². The Morgan fingerprint density at radius 2 is 1.83 bits per heavy atom. The summed E-state index contributed by atoms with van der Waals surface area (Å²) < 4.78 is 17.1. The first-order chi connectivity index (χ1) is 14.2. The molecule has 1 saturated heterocycles. The van der Waals surface area contributed by atoms with Gasteiger partial charge in [0, 0.05) is 24.6 Å². The zero-order valence-electron chi connectivity index (χ0n) is 16.0. The molecule has 2 unspecified atom stereocenters. The van der Waals surface area contributed by atoms with Gasteiger partial charge in [0.2, 0.25) is 0 Å². The molecule has 3 aromatic rings. The van der Waals surface area contributed by atoms with Crippen LogP contribution in [-0.2, 0) is 0 Å². The lowest BCUT2D eigenvalue weighted by molar-refractivity contribution is 0.514. The molecule has 0 spiro atoms. The number of thiocarbonyl (C=S) groups is 1. The van der Waals surface area contributed by atoms with Crippen molar-refractivity contribution in [2.24, 2.45) is 0 Å². The number of rotatable bonds is 4. The number of hydrogen-bond donors (Lipinski definition) is 1. The number of para-hydroxylation sites is 1. The van der Waals surface area contributed by atoms with Crippen LogP contribution in [0.2, 0.25) is 0 Å². The molecule has 0 amide bonds. The number of halogens is 1. The first-order valence-electron chi connectivity index (χ1n) is 10.1. The van der Waals surface area contributed by atoms with Crippen LogP contribution in [0.5, 0.6) is 0 Å². The van der Waals surface area contributed by atoms with Gasteiger partial charge in [-0.2, -0.15) is 0 Å². The third-order valence-electron chi connectivity index (χ3n) is 6.04. The predicted molar refractivity (Wildman–Crippen MR) is 116 cm³/mol. The standard InChI is InChI=1S/C23H23FN4S/c24-18-9-3-4-11-20(18)28-22(16-12-14-27(15-16)17-7-1-2-8-17)21(26-23(28)29)19-10-5-6-13-25-19/h3-6,9-15,17,21-22H,1-2,7-8H2,(H,26,29). The average Bonchev–Trinajstić information content (AvgIpc) is 3.48. The Hall–Kier alpha value is -2.73. The Bertz CT molecular complexity index is 1010. The number of nitrogens with one attached hydrogen (secondary N) is 1. The topological polar surface area (TPSA) is 33.1 Å². The Morgan fingerprint density at radius 3 is 2.59 bits per heavy atom. The van der Waals surface area contributed by atoms with Crippen LogP contribution >= 0.6 is 12.2 Å². The fourth-order valence-corrected chi connectivity index (χ4v) is 4.97. The summed E-state index contributed by atoms with van der Waals surface area (Å²) in [5, 5.41) is 3.91. The van der Waals surface area contributed by atoms with Gasteiger partial charge in [-0.15, -0.1) is 0 Å². The van der Waals surface area contributed by atoms with Gasteiger partial charge in [0.05, 0.1) is 23.5 Å². The second-order valence-electron chi connectivity index (χ2n) is 7.78. The van der Waals surface area contributed by atoms with Gasteiger partial charge in [-0.05, 0) is 61.0 Å². The van der Waals surface area contributed by atoms with Gasteiger partial charge in [-0.3, -0.25) is 4.98 Å². The molecule has 2 aromatic heterocycles. The van der Waals surface area contributed by atoms with E-state index >= 15 is 0 Å². The minimum atomic E-state index is -0.279. The molecule has 0 radical (unpaired) electrons. The van der Waals surface area contributed by atoms with Gasteiger partial charge >= 0.3 is 0 Å². The lowest BCUT2D eigenvalue weighted by Gasteiger charge is -2.27. The molecule has 2 atom stereocenters. The molecule has 148 valence electrons. The second-order valence-corrected chi connectivity index (χ2v) is 8.17. The lowest BCUT2D eigenvalue weighted by atomic mass is 9.98. The van der Waals surface area contributed by atoms with E-state index in [0.29, 0.717) is 16.8 Å². The van der Waals surface area contributed by atoms with E-state index in [1.54, 1.807) is 18.3 Å². The first kappa shape index (κ1) is 18.3. The smallest absolute Gasteiger partial charge is 0.174 e. The normalized spacial score (nSPS) is 22.2. The minimum absolute atomic E-state index is 0.150. The van der Waals surface area contributed by atoms with E-state index in [0.717, 1.165) is 11.3 Å². The summed E-state index contributed by atoms with van der Waals surface area (Å²) in [6.45, 7) is 0. The van der Waals surface area contributed by atoms with Crippen LogP contribution in [0.3, 0.4) is 0 Å². The van der Waals surface area contributed by atoms with Crippen molar-refractivity contribution in [1.82, 2.24) is 14.9 Å². The highest BCUT2D eigenvalue weighted by Gasteiger charge is 2.42. The van der Waals surface area contributed by atoms with Gasteiger partial charge in [-0.1, -0.05) is 31.0 Å². The molecule has 4 nitrogen and oxygen atoms in total.